The van der Waals surface area contributed by atoms with Gasteiger partial charge in [-0.1, -0.05) is 11.6 Å². The van der Waals surface area contributed by atoms with E-state index in [1.54, 1.807) is 0 Å². The van der Waals surface area contributed by atoms with Crippen LogP contribution in [0, 0.1) is 5.82 Å². The Morgan fingerprint density at radius 2 is 2.17 bits per heavy atom. The van der Waals surface area contributed by atoms with Gasteiger partial charge < -0.3 is 21.3 Å². The van der Waals surface area contributed by atoms with Crippen molar-refractivity contribution >= 4 is 23.2 Å². The number of carbonyl (C=O) groups is 1. The number of nitrogens with one attached hydrogen (secondary N) is 1. The molecule has 100 valence electrons. The van der Waals surface area contributed by atoms with Crippen LogP contribution in [0.25, 0.3) is 0 Å². The second-order valence-corrected chi connectivity index (χ2v) is 4.25. The Hall–Kier alpha value is -1.37. The number of nitrogens with two attached hydrogens (primary N) is 1. The summed E-state index contributed by atoms with van der Waals surface area (Å²) >= 11 is 5.67. The smallest absolute Gasteiger partial charge is 0.216 e. The number of benzene rings is 1. The molecular weight excluding hydrogens is 263 g/mol. The lowest BCUT2D eigenvalue weighted by molar-refractivity contribution is -0.119. The molecule has 0 saturated carbocycles. The van der Waals surface area contributed by atoms with Gasteiger partial charge in [0, 0.05) is 19.0 Å². The molecule has 0 aliphatic rings. The maximum atomic E-state index is 13.1. The summed E-state index contributed by atoms with van der Waals surface area (Å²) in [4.78, 5) is 10.7. The summed E-state index contributed by atoms with van der Waals surface area (Å²) in [6, 6.07) is 2.00. The van der Waals surface area contributed by atoms with E-state index in [2.05, 4.69) is 5.32 Å². The molecule has 1 aromatic carbocycles. The zero-order valence-electron chi connectivity index (χ0n) is 9.65. The first-order chi connectivity index (χ1) is 8.32. The highest BCUT2D eigenvalue weighted by Crippen LogP contribution is 2.30. The molecule has 0 aliphatic carbocycles. The number of aliphatic hydroxyl groups excluding tert-OH is 2. The number of carbonyl (C=O) groups excluding carboxylic acids is 1. The summed E-state index contributed by atoms with van der Waals surface area (Å²) in [5.41, 5.74) is 5.57. The maximum absolute atomic E-state index is 13.1. The molecule has 0 radical (unpaired) electrons. The summed E-state index contributed by atoms with van der Waals surface area (Å²) < 4.78 is 13.1. The molecule has 1 aromatic rings. The van der Waals surface area contributed by atoms with E-state index in [0.29, 0.717) is 0 Å². The summed E-state index contributed by atoms with van der Waals surface area (Å²) in [7, 11) is 0. The molecule has 0 bridgehead atoms. The van der Waals surface area contributed by atoms with Crippen LogP contribution in [0.3, 0.4) is 0 Å². The van der Waals surface area contributed by atoms with Gasteiger partial charge in [-0.25, -0.2) is 4.39 Å². The zero-order chi connectivity index (χ0) is 13.9. The van der Waals surface area contributed by atoms with Gasteiger partial charge in [-0.3, -0.25) is 4.79 Å². The average Bonchev–Trinajstić information content (AvgIpc) is 2.29. The number of anilines is 1. The van der Waals surface area contributed by atoms with E-state index in [1.807, 2.05) is 0 Å². The van der Waals surface area contributed by atoms with Gasteiger partial charge in [0.15, 0.2) is 0 Å². The number of rotatable bonds is 4. The first kappa shape index (κ1) is 14.7. The number of halogens is 2. The summed E-state index contributed by atoms with van der Waals surface area (Å²) in [5.74, 6) is -1.03. The Labute approximate surface area is 108 Å². The molecule has 2 atom stereocenters. The van der Waals surface area contributed by atoms with Gasteiger partial charge in [0.2, 0.25) is 5.91 Å². The van der Waals surface area contributed by atoms with Gasteiger partial charge in [-0.15, -0.1) is 0 Å². The lowest BCUT2D eigenvalue weighted by Gasteiger charge is -2.20. The van der Waals surface area contributed by atoms with E-state index in [4.69, 9.17) is 17.3 Å². The average molecular weight is 277 g/mol. The minimum Gasteiger partial charge on any atom is -0.397 e. The molecule has 0 saturated heterocycles. The first-order valence-corrected chi connectivity index (χ1v) is 5.55. The largest absolute Gasteiger partial charge is 0.397 e. The van der Waals surface area contributed by atoms with E-state index in [1.165, 1.54) is 6.92 Å². The van der Waals surface area contributed by atoms with Gasteiger partial charge in [0.05, 0.1) is 10.7 Å². The summed E-state index contributed by atoms with van der Waals surface area (Å²) in [6.07, 6.45) is -2.75. The van der Waals surface area contributed by atoms with Crippen molar-refractivity contribution in [2.45, 2.75) is 19.1 Å². The van der Waals surface area contributed by atoms with E-state index < -0.39 is 18.0 Å². The maximum Gasteiger partial charge on any atom is 0.216 e. The third kappa shape index (κ3) is 3.56. The van der Waals surface area contributed by atoms with Gasteiger partial charge in [0.25, 0.3) is 0 Å². The normalized spacial score (nSPS) is 14.1. The Morgan fingerprint density at radius 1 is 1.56 bits per heavy atom. The van der Waals surface area contributed by atoms with Crippen molar-refractivity contribution in [1.29, 1.82) is 0 Å². The van der Waals surface area contributed by atoms with E-state index in [9.17, 15) is 19.4 Å². The number of hydrogen-bond acceptors (Lipinski definition) is 4. The van der Waals surface area contributed by atoms with E-state index in [-0.39, 0.29) is 28.7 Å². The number of nitrogen functional groups attached to an aromatic ring is 1. The predicted octanol–water partition coefficient (Wildman–Crippen LogP) is 0.592. The molecule has 18 heavy (non-hydrogen) atoms. The lowest BCUT2D eigenvalue weighted by Crippen LogP contribution is -2.34. The van der Waals surface area contributed by atoms with Crippen molar-refractivity contribution in [1.82, 2.24) is 5.32 Å². The number of aliphatic hydroxyl groups is 2. The number of amides is 1. The Balaban J connectivity index is 2.89. The van der Waals surface area contributed by atoms with Crippen molar-refractivity contribution in [2.24, 2.45) is 0 Å². The van der Waals surface area contributed by atoms with E-state index >= 15 is 0 Å². The predicted molar refractivity (Wildman–Crippen MR) is 65.5 cm³/mol. The van der Waals surface area contributed by atoms with Gasteiger partial charge in [-0.2, -0.15) is 0 Å². The molecule has 1 rings (SSSR count). The molecule has 7 heteroatoms. The second-order valence-electron chi connectivity index (χ2n) is 3.84. The van der Waals surface area contributed by atoms with Crippen molar-refractivity contribution in [3.05, 3.63) is 28.5 Å². The van der Waals surface area contributed by atoms with Crippen LogP contribution in [0.5, 0.6) is 0 Å². The topological polar surface area (TPSA) is 95.6 Å². The Bertz CT molecular complexity index is 456. The summed E-state index contributed by atoms with van der Waals surface area (Å²) in [5, 5.41) is 21.7. The number of hydrogen-bond donors (Lipinski definition) is 4. The molecule has 5 N–H and O–H groups in total. The van der Waals surface area contributed by atoms with Crippen LogP contribution in [0.4, 0.5) is 10.1 Å². The van der Waals surface area contributed by atoms with Crippen LogP contribution >= 0.6 is 11.6 Å². The molecule has 0 aliphatic heterocycles. The highest BCUT2D eigenvalue weighted by molar-refractivity contribution is 6.33. The Kier molecular flexibility index (Phi) is 4.89. The minimum atomic E-state index is -1.44. The molecule has 5 nitrogen and oxygen atoms in total. The molecule has 0 aromatic heterocycles. The fourth-order valence-electron chi connectivity index (χ4n) is 1.42. The first-order valence-electron chi connectivity index (χ1n) is 5.18. The second kappa shape index (κ2) is 5.99. The third-order valence-electron chi connectivity index (χ3n) is 2.37. The van der Waals surface area contributed by atoms with Crippen molar-refractivity contribution < 1.29 is 19.4 Å². The molecular formula is C11H14ClFN2O3. The standard InChI is InChI=1S/C11H14ClFN2O3/c1-5(16)15-4-9(17)11(18)7-2-6(13)3-8(12)10(7)14/h2-3,9,11,17-18H,4,14H2,1H3,(H,15,16). The monoisotopic (exact) mass is 276 g/mol. The van der Waals surface area contributed by atoms with Crippen LogP contribution in [0.1, 0.15) is 18.6 Å². The highest BCUT2D eigenvalue weighted by Gasteiger charge is 2.22. The van der Waals surface area contributed by atoms with Crippen LogP contribution in [0.2, 0.25) is 5.02 Å². The van der Waals surface area contributed by atoms with Crippen molar-refractivity contribution in [3.63, 3.8) is 0 Å². The van der Waals surface area contributed by atoms with Gasteiger partial charge >= 0.3 is 0 Å². The molecule has 0 fully saturated rings. The fraction of sp³-hybridized carbons (Fsp3) is 0.364. The minimum absolute atomic E-state index is 0.00700. The zero-order valence-corrected chi connectivity index (χ0v) is 10.4. The van der Waals surface area contributed by atoms with Gasteiger partial charge in [-0.05, 0) is 12.1 Å². The molecule has 1 amide bonds. The quantitative estimate of drug-likeness (QED) is 0.605. The third-order valence-corrected chi connectivity index (χ3v) is 2.68. The van der Waals surface area contributed by atoms with Crippen LogP contribution in [-0.4, -0.2) is 28.8 Å². The fourth-order valence-corrected chi connectivity index (χ4v) is 1.63. The van der Waals surface area contributed by atoms with Crippen molar-refractivity contribution in [3.8, 4) is 0 Å². The molecule has 0 spiro atoms. The molecule has 2 unspecified atom stereocenters. The SMILES string of the molecule is CC(=O)NCC(O)C(O)c1cc(F)cc(Cl)c1N. The molecule has 0 heterocycles. The highest BCUT2D eigenvalue weighted by atomic mass is 35.5. The van der Waals surface area contributed by atoms with E-state index in [0.717, 1.165) is 12.1 Å². The lowest BCUT2D eigenvalue weighted by atomic mass is 10.0. The van der Waals surface area contributed by atoms with Crippen molar-refractivity contribution in [2.75, 3.05) is 12.3 Å². The van der Waals surface area contributed by atoms with Gasteiger partial charge in [0.1, 0.15) is 18.0 Å². The van der Waals surface area contributed by atoms with Crippen LogP contribution in [-0.2, 0) is 4.79 Å². The Morgan fingerprint density at radius 3 is 2.72 bits per heavy atom. The summed E-state index contributed by atoms with van der Waals surface area (Å²) in [6.45, 7) is 1.09. The van der Waals surface area contributed by atoms with Crippen LogP contribution in [0.15, 0.2) is 12.1 Å². The van der Waals surface area contributed by atoms with Crippen LogP contribution < -0.4 is 11.1 Å².